The van der Waals surface area contributed by atoms with E-state index in [9.17, 15) is 5.11 Å². The molecule has 3 nitrogen and oxygen atoms in total. The minimum absolute atomic E-state index is 0.620. The van der Waals surface area contributed by atoms with Crippen LogP contribution in [0, 0.1) is 0 Å². The van der Waals surface area contributed by atoms with Gasteiger partial charge >= 0.3 is 0 Å². The molecule has 16 heavy (non-hydrogen) atoms. The van der Waals surface area contributed by atoms with Gasteiger partial charge in [0.05, 0.1) is 19.8 Å². The minimum atomic E-state index is -0.620. The third-order valence-corrected chi connectivity index (χ3v) is 3.23. The summed E-state index contributed by atoms with van der Waals surface area (Å²) in [6.07, 6.45) is 2.52. The normalized spacial score (nSPS) is 17.0. The summed E-state index contributed by atoms with van der Waals surface area (Å²) in [6, 6.07) is 3.82. The maximum Gasteiger partial charge on any atom is 0.164 e. The highest BCUT2D eigenvalue weighted by molar-refractivity contribution is 5.53. The van der Waals surface area contributed by atoms with Crippen molar-refractivity contribution >= 4 is 0 Å². The Bertz CT molecular complexity index is 394. The van der Waals surface area contributed by atoms with Gasteiger partial charge in [-0.3, -0.25) is 0 Å². The molecule has 0 spiro atoms. The quantitative estimate of drug-likeness (QED) is 0.849. The van der Waals surface area contributed by atoms with Gasteiger partial charge in [0.25, 0.3) is 0 Å². The van der Waals surface area contributed by atoms with Crippen LogP contribution in [0.2, 0.25) is 0 Å². The van der Waals surface area contributed by atoms with Gasteiger partial charge in [-0.05, 0) is 30.9 Å². The molecular weight excluding hydrogens is 204 g/mol. The van der Waals surface area contributed by atoms with Crippen molar-refractivity contribution < 1.29 is 14.6 Å². The lowest BCUT2D eigenvalue weighted by atomic mass is 9.97. The molecule has 1 saturated carbocycles. The summed E-state index contributed by atoms with van der Waals surface area (Å²) in [7, 11) is 3.26. The number of aliphatic hydroxyl groups is 1. The van der Waals surface area contributed by atoms with Gasteiger partial charge in [-0.25, -0.2) is 0 Å². The molecule has 0 saturated heterocycles. The molecule has 1 N–H and O–H groups in total. The molecule has 1 aromatic rings. The van der Waals surface area contributed by atoms with Crippen molar-refractivity contribution in [3.8, 4) is 11.5 Å². The van der Waals surface area contributed by atoms with Gasteiger partial charge in [0, 0.05) is 5.56 Å². The Hall–Kier alpha value is -1.22. The van der Waals surface area contributed by atoms with Gasteiger partial charge in [0.15, 0.2) is 11.5 Å². The highest BCUT2D eigenvalue weighted by Crippen LogP contribution is 2.49. The van der Waals surface area contributed by atoms with Crippen LogP contribution in [0.5, 0.6) is 11.5 Å². The molecule has 0 radical (unpaired) electrons. The Morgan fingerprint density at radius 1 is 1.25 bits per heavy atom. The Kier molecular flexibility index (Phi) is 2.80. The largest absolute Gasteiger partial charge is 0.493 e. The Morgan fingerprint density at radius 3 is 2.38 bits per heavy atom. The fraction of sp³-hybridized carbons (Fsp3) is 0.538. The average Bonchev–Trinajstić information content (AvgIpc) is 3.06. The molecule has 1 aromatic carbocycles. The number of hydrogen-bond acceptors (Lipinski definition) is 3. The molecular formula is C13H18O3. The molecule has 88 valence electrons. The lowest BCUT2D eigenvalue weighted by Gasteiger charge is -2.18. The molecule has 0 aromatic heterocycles. The van der Waals surface area contributed by atoms with E-state index in [0.717, 1.165) is 41.9 Å². The maximum absolute atomic E-state index is 10.2. The number of ether oxygens (including phenoxy) is 2. The van der Waals surface area contributed by atoms with Crippen molar-refractivity contribution in [2.75, 3.05) is 14.2 Å². The molecule has 0 unspecified atom stereocenters. The molecule has 0 bridgehead atoms. The summed E-state index contributed by atoms with van der Waals surface area (Å²) in [5, 5.41) is 10.2. The monoisotopic (exact) mass is 222 g/mol. The third kappa shape index (κ3) is 1.65. The predicted molar refractivity (Wildman–Crippen MR) is 62.1 cm³/mol. The van der Waals surface area contributed by atoms with E-state index in [1.807, 2.05) is 12.1 Å². The van der Waals surface area contributed by atoms with Crippen molar-refractivity contribution in [1.29, 1.82) is 0 Å². The molecule has 0 amide bonds. The fourth-order valence-electron chi connectivity index (χ4n) is 2.17. The third-order valence-electron chi connectivity index (χ3n) is 3.23. The van der Waals surface area contributed by atoms with E-state index in [0.29, 0.717) is 0 Å². The number of hydrogen-bond donors (Lipinski definition) is 1. The average molecular weight is 222 g/mol. The van der Waals surface area contributed by atoms with E-state index in [1.54, 1.807) is 14.2 Å². The van der Waals surface area contributed by atoms with Crippen LogP contribution in [-0.2, 0) is 12.0 Å². The number of rotatable bonds is 4. The first-order valence-electron chi connectivity index (χ1n) is 5.63. The molecule has 0 atom stereocenters. The van der Waals surface area contributed by atoms with Crippen LogP contribution in [0.3, 0.4) is 0 Å². The number of benzene rings is 1. The van der Waals surface area contributed by atoms with Crippen molar-refractivity contribution in [1.82, 2.24) is 0 Å². The molecule has 1 aliphatic rings. The van der Waals surface area contributed by atoms with Gasteiger partial charge in [-0.1, -0.05) is 13.0 Å². The molecule has 0 aliphatic heterocycles. The van der Waals surface area contributed by atoms with E-state index in [-0.39, 0.29) is 0 Å². The zero-order valence-electron chi connectivity index (χ0n) is 10.0. The first kappa shape index (κ1) is 11.3. The Morgan fingerprint density at radius 2 is 1.94 bits per heavy atom. The van der Waals surface area contributed by atoms with Crippen LogP contribution in [0.15, 0.2) is 12.1 Å². The molecule has 1 fully saturated rings. The maximum atomic E-state index is 10.2. The van der Waals surface area contributed by atoms with E-state index in [1.165, 1.54) is 0 Å². The molecule has 2 rings (SSSR count). The zero-order valence-corrected chi connectivity index (χ0v) is 10.0. The van der Waals surface area contributed by atoms with Gasteiger partial charge in [0.1, 0.15) is 0 Å². The lowest BCUT2D eigenvalue weighted by molar-refractivity contribution is 0.150. The van der Waals surface area contributed by atoms with Crippen LogP contribution in [0.1, 0.15) is 30.9 Å². The summed E-state index contributed by atoms with van der Waals surface area (Å²) >= 11 is 0. The second kappa shape index (κ2) is 3.98. The second-order valence-electron chi connectivity index (χ2n) is 4.21. The SMILES string of the molecule is CCc1c(C2(O)CC2)ccc(OC)c1OC. The van der Waals surface area contributed by atoms with Crippen molar-refractivity contribution in [3.05, 3.63) is 23.3 Å². The molecule has 1 aliphatic carbocycles. The smallest absolute Gasteiger partial charge is 0.164 e. The Labute approximate surface area is 96.0 Å². The highest BCUT2D eigenvalue weighted by atomic mass is 16.5. The van der Waals surface area contributed by atoms with Crippen molar-refractivity contribution in [3.63, 3.8) is 0 Å². The molecule has 3 heteroatoms. The topological polar surface area (TPSA) is 38.7 Å². The van der Waals surface area contributed by atoms with Crippen LogP contribution in [-0.4, -0.2) is 19.3 Å². The van der Waals surface area contributed by atoms with Gasteiger partial charge in [0.2, 0.25) is 0 Å². The summed E-state index contributed by atoms with van der Waals surface area (Å²) in [5.74, 6) is 1.48. The van der Waals surface area contributed by atoms with Crippen LogP contribution in [0.4, 0.5) is 0 Å². The van der Waals surface area contributed by atoms with Gasteiger partial charge in [-0.2, -0.15) is 0 Å². The first-order chi connectivity index (χ1) is 7.66. The minimum Gasteiger partial charge on any atom is -0.493 e. The van der Waals surface area contributed by atoms with E-state index in [2.05, 4.69) is 6.92 Å². The van der Waals surface area contributed by atoms with Crippen molar-refractivity contribution in [2.24, 2.45) is 0 Å². The van der Waals surface area contributed by atoms with E-state index < -0.39 is 5.60 Å². The number of methoxy groups -OCH3 is 2. The summed E-state index contributed by atoms with van der Waals surface area (Å²) < 4.78 is 10.6. The first-order valence-corrected chi connectivity index (χ1v) is 5.63. The standard InChI is InChI=1S/C13H18O3/c1-4-9-10(13(14)7-8-13)5-6-11(15-2)12(9)16-3/h5-6,14H,4,7-8H2,1-3H3. The second-order valence-corrected chi connectivity index (χ2v) is 4.21. The van der Waals surface area contributed by atoms with Crippen LogP contribution in [0.25, 0.3) is 0 Å². The van der Waals surface area contributed by atoms with Crippen molar-refractivity contribution in [2.45, 2.75) is 31.8 Å². The highest BCUT2D eigenvalue weighted by Gasteiger charge is 2.44. The zero-order chi connectivity index (χ0) is 11.8. The van der Waals surface area contributed by atoms with Crippen LogP contribution < -0.4 is 9.47 Å². The lowest BCUT2D eigenvalue weighted by Crippen LogP contribution is -2.10. The van der Waals surface area contributed by atoms with E-state index >= 15 is 0 Å². The van der Waals surface area contributed by atoms with Gasteiger partial charge < -0.3 is 14.6 Å². The summed E-state index contributed by atoms with van der Waals surface area (Å²) in [6.45, 7) is 2.06. The summed E-state index contributed by atoms with van der Waals surface area (Å²) in [5.41, 5.74) is 1.43. The summed E-state index contributed by atoms with van der Waals surface area (Å²) in [4.78, 5) is 0. The predicted octanol–water partition coefficient (Wildman–Crippen LogP) is 2.25. The van der Waals surface area contributed by atoms with Gasteiger partial charge in [-0.15, -0.1) is 0 Å². The van der Waals surface area contributed by atoms with Crippen LogP contribution >= 0.6 is 0 Å². The Balaban J connectivity index is 2.55. The molecule has 0 heterocycles. The van der Waals surface area contributed by atoms with E-state index in [4.69, 9.17) is 9.47 Å². The fourth-order valence-corrected chi connectivity index (χ4v) is 2.17.